The lowest BCUT2D eigenvalue weighted by atomic mass is 9.86. The Kier molecular flexibility index (Phi) is 6.46. The highest BCUT2D eigenvalue weighted by molar-refractivity contribution is 5.94. The van der Waals surface area contributed by atoms with Crippen LogP contribution in [0.15, 0.2) is 54.7 Å². The van der Waals surface area contributed by atoms with E-state index in [0.717, 1.165) is 28.7 Å². The van der Waals surface area contributed by atoms with Gasteiger partial charge in [0.15, 0.2) is 0 Å². The van der Waals surface area contributed by atoms with Gasteiger partial charge >= 0.3 is 11.9 Å². The first-order valence-corrected chi connectivity index (χ1v) is 10.4. The zero-order chi connectivity index (χ0) is 22.5. The van der Waals surface area contributed by atoms with Gasteiger partial charge in [-0.15, -0.1) is 10.2 Å². The number of rotatable bonds is 5. The zero-order valence-electron chi connectivity index (χ0n) is 17.3. The van der Waals surface area contributed by atoms with Crippen LogP contribution >= 0.6 is 0 Å². The molecule has 166 valence electrons. The van der Waals surface area contributed by atoms with Gasteiger partial charge in [-0.25, -0.2) is 9.59 Å². The van der Waals surface area contributed by atoms with Crippen LogP contribution in [0.5, 0.6) is 5.88 Å². The summed E-state index contributed by atoms with van der Waals surface area (Å²) in [6, 6.07) is 12.2. The van der Waals surface area contributed by atoms with E-state index in [2.05, 4.69) is 32.2 Å². The molecule has 1 unspecified atom stereocenters. The Morgan fingerprint density at radius 3 is 2.34 bits per heavy atom. The molecule has 0 amide bonds. The monoisotopic (exact) mass is 436 g/mol. The number of nitrogens with zero attached hydrogens (tertiary/aromatic N) is 3. The second-order valence-corrected chi connectivity index (χ2v) is 7.81. The molecule has 5 heterocycles. The Morgan fingerprint density at radius 2 is 1.75 bits per heavy atom. The van der Waals surface area contributed by atoms with Gasteiger partial charge in [-0.05, 0) is 44.0 Å². The quantitative estimate of drug-likeness (QED) is 0.521. The topological polar surface area (TPSA) is 129 Å². The standard InChI is InChI=1S/C19H20N4O.C4H4O4/c1-2-4-16-14(3-1)15(11-20-16)17-5-6-19(22-21-17)24-18-12-23-9-7-13(18)8-10-23;5-3(6)1-2-4(7)8/h1-6,11,13,18,20H,7-10,12H2;1-2H,(H,5,6)(H,7,8). The van der Waals surface area contributed by atoms with Crippen LogP contribution in [0, 0.1) is 5.92 Å². The van der Waals surface area contributed by atoms with Crippen LogP contribution < -0.4 is 4.74 Å². The fraction of sp³-hybridized carbons (Fsp3) is 0.304. The number of carboxylic acid groups (broad SMARTS) is 2. The molecule has 2 bridgehead atoms. The van der Waals surface area contributed by atoms with Gasteiger partial charge in [0.1, 0.15) is 6.10 Å². The van der Waals surface area contributed by atoms with Crippen LogP contribution in [-0.4, -0.2) is 68.0 Å². The van der Waals surface area contributed by atoms with Crippen molar-refractivity contribution in [2.45, 2.75) is 18.9 Å². The van der Waals surface area contributed by atoms with E-state index < -0.39 is 11.9 Å². The maximum Gasteiger partial charge on any atom is 0.328 e. The molecule has 3 aromatic rings. The first-order valence-electron chi connectivity index (χ1n) is 10.4. The van der Waals surface area contributed by atoms with Gasteiger partial charge < -0.3 is 19.9 Å². The van der Waals surface area contributed by atoms with E-state index in [4.69, 9.17) is 14.9 Å². The molecular formula is C23H24N4O5. The van der Waals surface area contributed by atoms with Crippen LogP contribution in [-0.2, 0) is 9.59 Å². The van der Waals surface area contributed by atoms with Crippen molar-refractivity contribution < 1.29 is 24.5 Å². The van der Waals surface area contributed by atoms with Gasteiger partial charge in [-0.3, -0.25) is 4.90 Å². The number of hydrogen-bond acceptors (Lipinski definition) is 6. The Hall–Kier alpha value is -3.72. The Morgan fingerprint density at radius 1 is 1.03 bits per heavy atom. The van der Waals surface area contributed by atoms with E-state index in [-0.39, 0.29) is 6.10 Å². The smallest absolute Gasteiger partial charge is 0.328 e. The predicted octanol–water partition coefficient (Wildman–Crippen LogP) is 2.81. The van der Waals surface area contributed by atoms with E-state index in [0.29, 0.717) is 23.9 Å². The van der Waals surface area contributed by atoms with E-state index in [9.17, 15) is 9.59 Å². The van der Waals surface area contributed by atoms with Crippen LogP contribution in [0.4, 0.5) is 0 Å². The number of benzene rings is 1. The normalized spacial score (nSPS) is 21.8. The van der Waals surface area contributed by atoms with E-state index in [1.165, 1.54) is 25.9 Å². The summed E-state index contributed by atoms with van der Waals surface area (Å²) in [6.07, 6.45) is 5.85. The van der Waals surface area contributed by atoms with Gasteiger partial charge in [0, 0.05) is 47.4 Å². The summed E-state index contributed by atoms with van der Waals surface area (Å²) in [4.78, 5) is 24.9. The molecule has 9 nitrogen and oxygen atoms in total. The van der Waals surface area contributed by atoms with Gasteiger partial charge in [0.25, 0.3) is 0 Å². The van der Waals surface area contributed by atoms with Crippen molar-refractivity contribution in [3.05, 3.63) is 54.7 Å². The van der Waals surface area contributed by atoms with Gasteiger partial charge in [-0.2, -0.15) is 0 Å². The molecule has 3 fully saturated rings. The number of carboxylic acids is 2. The predicted molar refractivity (Wildman–Crippen MR) is 117 cm³/mol. The third kappa shape index (κ3) is 5.12. The van der Waals surface area contributed by atoms with E-state index >= 15 is 0 Å². The number of para-hydroxylation sites is 1. The number of hydrogen-bond donors (Lipinski definition) is 3. The van der Waals surface area contributed by atoms with Crippen molar-refractivity contribution in [1.29, 1.82) is 0 Å². The number of fused-ring (bicyclic) bond motifs is 4. The maximum atomic E-state index is 9.55. The lowest BCUT2D eigenvalue weighted by Crippen LogP contribution is -2.52. The Labute approximate surface area is 184 Å². The van der Waals surface area contributed by atoms with Crippen molar-refractivity contribution in [1.82, 2.24) is 20.1 Å². The molecule has 2 aromatic heterocycles. The van der Waals surface area contributed by atoms with Gasteiger partial charge in [-0.1, -0.05) is 18.2 Å². The molecule has 3 saturated heterocycles. The third-order valence-corrected chi connectivity index (χ3v) is 5.74. The molecule has 0 spiro atoms. The molecule has 6 rings (SSSR count). The molecule has 1 aromatic carbocycles. The van der Waals surface area contributed by atoms with E-state index in [1.54, 1.807) is 0 Å². The SMILES string of the molecule is O=C(O)C=CC(=O)O.c1ccc2c(-c3ccc(OC4CN5CCC4CC5)nn3)c[nH]c2c1. The number of carbonyl (C=O) groups is 2. The average molecular weight is 436 g/mol. The fourth-order valence-electron chi connectivity index (χ4n) is 4.15. The lowest BCUT2D eigenvalue weighted by molar-refractivity contribution is -0.134. The van der Waals surface area contributed by atoms with Crippen molar-refractivity contribution in [2.24, 2.45) is 5.92 Å². The zero-order valence-corrected chi connectivity index (χ0v) is 17.3. The summed E-state index contributed by atoms with van der Waals surface area (Å²) in [5.41, 5.74) is 3.06. The van der Waals surface area contributed by atoms with Crippen LogP contribution in [0.25, 0.3) is 22.2 Å². The molecule has 0 aliphatic carbocycles. The highest BCUT2D eigenvalue weighted by Gasteiger charge is 2.35. The molecular weight excluding hydrogens is 412 g/mol. The first-order chi connectivity index (χ1) is 15.5. The summed E-state index contributed by atoms with van der Waals surface area (Å²) in [7, 11) is 0. The highest BCUT2D eigenvalue weighted by Crippen LogP contribution is 2.31. The number of aromatic amines is 1. The number of aliphatic carboxylic acids is 2. The van der Waals surface area contributed by atoms with Crippen LogP contribution in [0.1, 0.15) is 12.8 Å². The van der Waals surface area contributed by atoms with Gasteiger partial charge in [0.05, 0.1) is 5.69 Å². The minimum atomic E-state index is -1.26. The number of nitrogens with one attached hydrogen (secondary N) is 1. The summed E-state index contributed by atoms with van der Waals surface area (Å²) in [6.45, 7) is 3.46. The van der Waals surface area contributed by atoms with Crippen LogP contribution in [0.2, 0.25) is 0 Å². The molecule has 0 saturated carbocycles. The largest absolute Gasteiger partial charge is 0.478 e. The number of ether oxygens (including phenoxy) is 1. The van der Waals surface area contributed by atoms with Crippen molar-refractivity contribution in [2.75, 3.05) is 19.6 Å². The molecule has 3 aliphatic rings. The first kappa shape index (κ1) is 21.5. The van der Waals surface area contributed by atoms with Crippen LogP contribution in [0.3, 0.4) is 0 Å². The average Bonchev–Trinajstić information content (AvgIpc) is 3.24. The Balaban J connectivity index is 0.000000265. The second kappa shape index (κ2) is 9.61. The summed E-state index contributed by atoms with van der Waals surface area (Å²) >= 11 is 0. The molecule has 0 radical (unpaired) electrons. The fourth-order valence-corrected chi connectivity index (χ4v) is 4.15. The summed E-state index contributed by atoms with van der Waals surface area (Å²) in [5.74, 6) is -1.21. The highest BCUT2D eigenvalue weighted by atomic mass is 16.5. The molecule has 32 heavy (non-hydrogen) atoms. The third-order valence-electron chi connectivity index (χ3n) is 5.74. The lowest BCUT2D eigenvalue weighted by Gasteiger charge is -2.44. The van der Waals surface area contributed by atoms with Gasteiger partial charge in [0.2, 0.25) is 5.88 Å². The maximum absolute atomic E-state index is 9.55. The summed E-state index contributed by atoms with van der Waals surface area (Å²) in [5, 5.41) is 25.5. The molecule has 3 aliphatic heterocycles. The minimum Gasteiger partial charge on any atom is -0.478 e. The Bertz CT molecular complexity index is 1100. The van der Waals surface area contributed by atoms with E-state index in [1.807, 2.05) is 30.5 Å². The number of aromatic nitrogens is 3. The number of piperidine rings is 3. The number of H-pyrrole nitrogens is 1. The van der Waals surface area contributed by atoms with Crippen molar-refractivity contribution >= 4 is 22.8 Å². The molecule has 3 N–H and O–H groups in total. The molecule has 9 heteroatoms. The molecule has 1 atom stereocenters. The van der Waals surface area contributed by atoms with Crippen molar-refractivity contribution in [3.63, 3.8) is 0 Å². The van der Waals surface area contributed by atoms with Crippen molar-refractivity contribution in [3.8, 4) is 17.1 Å². The second-order valence-electron chi connectivity index (χ2n) is 7.81. The minimum absolute atomic E-state index is 0.265. The summed E-state index contributed by atoms with van der Waals surface area (Å²) < 4.78 is 6.13.